The predicted molar refractivity (Wildman–Crippen MR) is 135 cm³/mol. The lowest BCUT2D eigenvalue weighted by atomic mass is 9.81. The van der Waals surface area contributed by atoms with Gasteiger partial charge in [-0.2, -0.15) is 0 Å². The van der Waals surface area contributed by atoms with Gasteiger partial charge in [0.15, 0.2) is 0 Å². The summed E-state index contributed by atoms with van der Waals surface area (Å²) in [5, 5.41) is 19.0. The summed E-state index contributed by atoms with van der Waals surface area (Å²) in [6.45, 7) is 9.40. The molecule has 5 nitrogen and oxygen atoms in total. The van der Waals surface area contributed by atoms with Crippen LogP contribution in [0.1, 0.15) is 43.2 Å². The van der Waals surface area contributed by atoms with Crippen molar-refractivity contribution in [1.82, 2.24) is 4.90 Å². The summed E-state index contributed by atoms with van der Waals surface area (Å²) >= 11 is 0. The number of likely N-dealkylation sites (tertiary alicyclic amines) is 1. The number of nitrogens with zero attached hydrogens (tertiary/aromatic N) is 1. The minimum atomic E-state index is 0.231. The minimum Gasteiger partial charge on any atom is -0.508 e. The summed E-state index contributed by atoms with van der Waals surface area (Å²) in [5.41, 5.74) is 2.17. The molecule has 0 bridgehead atoms. The van der Waals surface area contributed by atoms with Crippen molar-refractivity contribution >= 4 is 0 Å². The van der Waals surface area contributed by atoms with Gasteiger partial charge in [0.05, 0.1) is 6.61 Å². The summed E-state index contributed by atoms with van der Waals surface area (Å²) in [6.07, 6.45) is 1.34. The van der Waals surface area contributed by atoms with E-state index in [-0.39, 0.29) is 23.3 Å². The lowest BCUT2D eigenvalue weighted by Crippen LogP contribution is -2.25. The number of phenolic OH excluding ortho intramolecular Hbond substituents is 2. The quantitative estimate of drug-likeness (QED) is 0.504. The molecule has 34 heavy (non-hydrogen) atoms. The van der Waals surface area contributed by atoms with Crippen molar-refractivity contribution in [3.8, 4) is 23.0 Å². The van der Waals surface area contributed by atoms with E-state index >= 15 is 0 Å². The van der Waals surface area contributed by atoms with E-state index in [0.29, 0.717) is 6.61 Å². The Morgan fingerprint density at radius 2 is 1.68 bits per heavy atom. The first-order valence-electron chi connectivity index (χ1n) is 12.1. The first-order valence-corrected chi connectivity index (χ1v) is 12.1. The number of ether oxygens (including phenoxy) is 2. The van der Waals surface area contributed by atoms with Crippen LogP contribution in [0.25, 0.3) is 0 Å². The topological polar surface area (TPSA) is 62.2 Å². The summed E-state index contributed by atoms with van der Waals surface area (Å²) in [4.78, 5) is 2.48. The van der Waals surface area contributed by atoms with Gasteiger partial charge in [0.25, 0.3) is 0 Å². The molecule has 180 valence electrons. The highest BCUT2D eigenvalue weighted by Gasteiger charge is 2.29. The Hall–Kier alpha value is -3.18. The highest BCUT2D eigenvalue weighted by Crippen LogP contribution is 2.43. The highest BCUT2D eigenvalue weighted by atomic mass is 16.5. The maximum atomic E-state index is 9.61. The number of benzene rings is 3. The number of aromatic hydroxyl groups is 2. The van der Waals surface area contributed by atoms with Crippen molar-refractivity contribution in [1.29, 1.82) is 0 Å². The summed E-state index contributed by atoms with van der Waals surface area (Å²) in [7, 11) is 0. The van der Waals surface area contributed by atoms with Crippen molar-refractivity contribution in [2.75, 3.05) is 32.8 Å². The zero-order valence-corrected chi connectivity index (χ0v) is 20.1. The van der Waals surface area contributed by atoms with Crippen LogP contribution in [-0.4, -0.2) is 48.0 Å². The number of fused-ring (bicyclic) bond motifs is 1. The van der Waals surface area contributed by atoms with E-state index in [9.17, 15) is 10.2 Å². The fraction of sp³-hybridized carbons (Fsp3) is 0.379. The Kier molecular flexibility index (Phi) is 7.96. The number of phenols is 2. The number of rotatable bonds is 5. The van der Waals surface area contributed by atoms with Gasteiger partial charge in [-0.15, -0.1) is 0 Å². The SMILES string of the molecule is C[C@@H]1CCN(CCOc2ccccc2)C1.C[C@@H]1c2cc(O)ccc2OC[C@H]1c1ccc(O)cc1. The van der Waals surface area contributed by atoms with Gasteiger partial charge >= 0.3 is 0 Å². The standard InChI is InChI=1S/C16H16O3.C13H19NO/c1-10-14-8-13(18)6-7-16(14)19-9-15(10)11-2-4-12(17)5-3-11;1-12-7-8-14(11-12)9-10-15-13-5-3-2-4-6-13/h2-8,10,15,17-18H,9H2,1H3;2-6,12H,7-11H2,1H3/t10-,15-;12-/m11/s1. The molecule has 2 aliphatic rings. The largest absolute Gasteiger partial charge is 0.508 e. The van der Waals surface area contributed by atoms with Crippen LogP contribution in [-0.2, 0) is 0 Å². The van der Waals surface area contributed by atoms with Crippen molar-refractivity contribution in [3.63, 3.8) is 0 Å². The zero-order chi connectivity index (χ0) is 23.9. The van der Waals surface area contributed by atoms with E-state index in [4.69, 9.17) is 9.47 Å². The molecule has 0 spiro atoms. The van der Waals surface area contributed by atoms with Gasteiger partial charge in [0.1, 0.15) is 29.6 Å². The lowest BCUT2D eigenvalue weighted by Gasteiger charge is -2.31. The molecule has 3 aromatic carbocycles. The molecular weight excluding hydrogens is 426 g/mol. The smallest absolute Gasteiger partial charge is 0.123 e. The van der Waals surface area contributed by atoms with Gasteiger partial charge in [-0.3, -0.25) is 4.90 Å². The fourth-order valence-corrected chi connectivity index (χ4v) is 4.71. The Morgan fingerprint density at radius 1 is 0.941 bits per heavy atom. The molecule has 1 saturated heterocycles. The molecule has 1 fully saturated rings. The molecular formula is C29H35NO4. The Bertz CT molecular complexity index is 1040. The lowest BCUT2D eigenvalue weighted by molar-refractivity contribution is 0.234. The van der Waals surface area contributed by atoms with Gasteiger partial charge < -0.3 is 19.7 Å². The van der Waals surface area contributed by atoms with Crippen LogP contribution < -0.4 is 9.47 Å². The van der Waals surface area contributed by atoms with Gasteiger partial charge in [-0.1, -0.05) is 44.2 Å². The molecule has 0 aliphatic carbocycles. The third-order valence-corrected chi connectivity index (χ3v) is 6.75. The monoisotopic (exact) mass is 461 g/mol. The summed E-state index contributed by atoms with van der Waals surface area (Å²) in [6, 6.07) is 22.5. The van der Waals surface area contributed by atoms with Crippen LogP contribution in [0, 0.1) is 5.92 Å². The van der Waals surface area contributed by atoms with E-state index in [1.54, 1.807) is 24.3 Å². The van der Waals surface area contributed by atoms with Crippen LogP contribution in [0.2, 0.25) is 0 Å². The molecule has 2 aliphatic heterocycles. The summed E-state index contributed by atoms with van der Waals surface area (Å²) < 4.78 is 11.4. The van der Waals surface area contributed by atoms with Gasteiger partial charge in [0, 0.05) is 24.6 Å². The van der Waals surface area contributed by atoms with Gasteiger partial charge in [-0.25, -0.2) is 0 Å². The molecule has 2 heterocycles. The second-order valence-electron chi connectivity index (χ2n) is 9.38. The van der Waals surface area contributed by atoms with E-state index < -0.39 is 0 Å². The molecule has 3 atom stereocenters. The van der Waals surface area contributed by atoms with Gasteiger partial charge in [0.2, 0.25) is 0 Å². The van der Waals surface area contributed by atoms with E-state index in [0.717, 1.165) is 41.7 Å². The van der Waals surface area contributed by atoms with Crippen molar-refractivity contribution in [2.24, 2.45) is 5.92 Å². The Labute approximate surface area is 202 Å². The number of hydrogen-bond acceptors (Lipinski definition) is 5. The molecule has 0 unspecified atom stereocenters. The van der Waals surface area contributed by atoms with Crippen molar-refractivity contribution in [3.05, 3.63) is 83.9 Å². The van der Waals surface area contributed by atoms with E-state index in [1.165, 1.54) is 19.5 Å². The zero-order valence-electron chi connectivity index (χ0n) is 20.1. The van der Waals surface area contributed by atoms with Crippen molar-refractivity contribution < 1.29 is 19.7 Å². The molecule has 0 amide bonds. The molecule has 0 radical (unpaired) electrons. The van der Waals surface area contributed by atoms with E-state index in [2.05, 4.69) is 18.7 Å². The first kappa shape index (κ1) is 24.0. The highest BCUT2D eigenvalue weighted by molar-refractivity contribution is 5.45. The molecule has 0 aromatic heterocycles. The third-order valence-electron chi connectivity index (χ3n) is 6.75. The minimum absolute atomic E-state index is 0.231. The molecule has 0 saturated carbocycles. The maximum absolute atomic E-state index is 9.61. The third kappa shape index (κ3) is 6.23. The Balaban J connectivity index is 0.000000166. The average Bonchev–Trinajstić information content (AvgIpc) is 3.26. The normalized spacial score (nSPS) is 21.6. The van der Waals surface area contributed by atoms with E-state index in [1.807, 2.05) is 48.5 Å². The fourth-order valence-electron chi connectivity index (χ4n) is 4.71. The number of para-hydroxylation sites is 1. The van der Waals surface area contributed by atoms with Crippen molar-refractivity contribution in [2.45, 2.75) is 32.1 Å². The molecule has 3 aromatic rings. The van der Waals surface area contributed by atoms with Crippen LogP contribution in [0.4, 0.5) is 0 Å². The average molecular weight is 462 g/mol. The second-order valence-corrected chi connectivity index (χ2v) is 9.38. The maximum Gasteiger partial charge on any atom is 0.123 e. The first-order chi connectivity index (χ1) is 16.5. The molecule has 5 rings (SSSR count). The molecule has 5 heteroatoms. The van der Waals surface area contributed by atoms with Crippen LogP contribution in [0.5, 0.6) is 23.0 Å². The molecule has 2 N–H and O–H groups in total. The van der Waals surface area contributed by atoms with Crippen LogP contribution >= 0.6 is 0 Å². The predicted octanol–water partition coefficient (Wildman–Crippen LogP) is 5.78. The Morgan fingerprint density at radius 3 is 2.38 bits per heavy atom. The van der Waals surface area contributed by atoms with Crippen LogP contribution in [0.3, 0.4) is 0 Å². The van der Waals surface area contributed by atoms with Gasteiger partial charge in [-0.05, 0) is 72.8 Å². The van der Waals surface area contributed by atoms with Crippen LogP contribution in [0.15, 0.2) is 72.8 Å². The summed E-state index contributed by atoms with van der Waals surface area (Å²) in [5.74, 6) is 3.72. The second kappa shape index (κ2) is 11.3. The number of hydrogen-bond donors (Lipinski definition) is 2.